The summed E-state index contributed by atoms with van der Waals surface area (Å²) >= 11 is 0. The molecule has 0 unspecified atom stereocenters. The van der Waals surface area contributed by atoms with Gasteiger partial charge in [-0.2, -0.15) is 0 Å². The summed E-state index contributed by atoms with van der Waals surface area (Å²) in [4.78, 5) is 12.6. The van der Waals surface area contributed by atoms with Gasteiger partial charge in [-0.1, -0.05) is 23.8 Å². The molecule has 0 aliphatic heterocycles. The molecule has 0 saturated heterocycles. The van der Waals surface area contributed by atoms with Crippen molar-refractivity contribution in [2.75, 3.05) is 13.6 Å². The lowest BCUT2D eigenvalue weighted by molar-refractivity contribution is -0.118. The molecular weight excluding hydrogens is 188 g/mol. The average molecular weight is 206 g/mol. The number of carbonyl (C=O) groups is 1. The van der Waals surface area contributed by atoms with E-state index in [1.165, 1.54) is 16.7 Å². The zero-order chi connectivity index (χ0) is 11.4. The van der Waals surface area contributed by atoms with E-state index in [9.17, 15) is 4.79 Å². The van der Waals surface area contributed by atoms with Crippen molar-refractivity contribution in [2.24, 2.45) is 5.73 Å². The second kappa shape index (κ2) is 4.94. The first-order valence-corrected chi connectivity index (χ1v) is 5.02. The molecule has 0 aromatic heterocycles. The molecule has 1 rings (SSSR count). The number of nitrogens with zero attached hydrogens (tertiary/aromatic N) is 1. The molecule has 3 nitrogen and oxygen atoms in total. The summed E-state index contributed by atoms with van der Waals surface area (Å²) in [6.07, 6.45) is 0. The Morgan fingerprint density at radius 1 is 1.40 bits per heavy atom. The van der Waals surface area contributed by atoms with Gasteiger partial charge in [0.2, 0.25) is 5.91 Å². The fraction of sp³-hybridized carbons (Fsp3) is 0.417. The summed E-state index contributed by atoms with van der Waals surface area (Å²) in [5, 5.41) is 0. The monoisotopic (exact) mass is 206 g/mol. The molecule has 0 spiro atoms. The van der Waals surface area contributed by atoms with E-state index in [1.807, 2.05) is 11.9 Å². The lowest BCUT2D eigenvalue weighted by Gasteiger charge is -2.16. The van der Waals surface area contributed by atoms with Crippen LogP contribution in [0.2, 0.25) is 0 Å². The number of rotatable bonds is 4. The van der Waals surface area contributed by atoms with Crippen molar-refractivity contribution in [2.45, 2.75) is 20.4 Å². The first kappa shape index (κ1) is 11.7. The fourth-order valence-corrected chi connectivity index (χ4v) is 1.64. The third-order valence-corrected chi connectivity index (χ3v) is 2.36. The van der Waals surface area contributed by atoms with E-state index in [-0.39, 0.29) is 5.91 Å². The third kappa shape index (κ3) is 3.72. The van der Waals surface area contributed by atoms with Crippen LogP contribution < -0.4 is 5.73 Å². The van der Waals surface area contributed by atoms with Crippen molar-refractivity contribution in [1.82, 2.24) is 4.90 Å². The number of likely N-dealkylation sites (N-methyl/N-ethyl adjacent to an activating group) is 1. The van der Waals surface area contributed by atoms with Crippen LogP contribution in [-0.2, 0) is 11.3 Å². The molecule has 0 saturated carbocycles. The molecule has 1 aromatic rings. The zero-order valence-electron chi connectivity index (χ0n) is 9.58. The number of hydrogen-bond acceptors (Lipinski definition) is 2. The molecular formula is C12H18N2O. The van der Waals surface area contributed by atoms with Crippen LogP contribution in [0, 0.1) is 13.8 Å². The van der Waals surface area contributed by atoms with Crippen molar-refractivity contribution < 1.29 is 4.79 Å². The van der Waals surface area contributed by atoms with E-state index in [4.69, 9.17) is 5.73 Å². The third-order valence-electron chi connectivity index (χ3n) is 2.36. The molecule has 0 aliphatic rings. The average Bonchev–Trinajstić information content (AvgIpc) is 2.08. The van der Waals surface area contributed by atoms with E-state index >= 15 is 0 Å². The zero-order valence-corrected chi connectivity index (χ0v) is 9.58. The van der Waals surface area contributed by atoms with Crippen LogP contribution in [0.3, 0.4) is 0 Å². The standard InChI is InChI=1S/C12H18N2O/c1-9-4-5-11(10(2)6-9)7-14(3)8-12(13)15/h4-6H,7-8H2,1-3H3,(H2,13,15). The maximum atomic E-state index is 10.7. The van der Waals surface area contributed by atoms with E-state index in [2.05, 4.69) is 32.0 Å². The van der Waals surface area contributed by atoms with Crippen LogP contribution in [0.25, 0.3) is 0 Å². The summed E-state index contributed by atoms with van der Waals surface area (Å²) in [5.74, 6) is -0.290. The first-order chi connectivity index (χ1) is 6.99. The SMILES string of the molecule is Cc1ccc(CN(C)CC(N)=O)c(C)c1. The van der Waals surface area contributed by atoms with Gasteiger partial charge in [-0.05, 0) is 32.0 Å². The maximum absolute atomic E-state index is 10.7. The molecule has 0 radical (unpaired) electrons. The Hall–Kier alpha value is -1.35. The summed E-state index contributed by atoms with van der Waals surface area (Å²) < 4.78 is 0. The Balaban J connectivity index is 2.68. The van der Waals surface area contributed by atoms with Crippen LogP contribution in [0.1, 0.15) is 16.7 Å². The minimum Gasteiger partial charge on any atom is -0.369 e. The van der Waals surface area contributed by atoms with Crippen LogP contribution in [0.15, 0.2) is 18.2 Å². The molecule has 0 heterocycles. The van der Waals surface area contributed by atoms with Crippen LogP contribution in [-0.4, -0.2) is 24.4 Å². The maximum Gasteiger partial charge on any atom is 0.231 e. The van der Waals surface area contributed by atoms with Gasteiger partial charge in [-0.15, -0.1) is 0 Å². The number of aryl methyl sites for hydroxylation is 2. The summed E-state index contributed by atoms with van der Waals surface area (Å²) in [6.45, 7) is 5.21. The van der Waals surface area contributed by atoms with Gasteiger partial charge in [-0.25, -0.2) is 0 Å². The predicted molar refractivity (Wildman–Crippen MR) is 61.4 cm³/mol. The second-order valence-electron chi connectivity index (χ2n) is 4.07. The Morgan fingerprint density at radius 2 is 2.07 bits per heavy atom. The topological polar surface area (TPSA) is 46.3 Å². The molecule has 3 heteroatoms. The predicted octanol–water partition coefficient (Wildman–Crippen LogP) is 1.22. The molecule has 0 atom stereocenters. The van der Waals surface area contributed by atoms with Crippen LogP contribution in [0.4, 0.5) is 0 Å². The highest BCUT2D eigenvalue weighted by Crippen LogP contribution is 2.12. The number of nitrogens with two attached hydrogens (primary N) is 1. The second-order valence-corrected chi connectivity index (χ2v) is 4.07. The molecule has 1 amide bonds. The molecule has 15 heavy (non-hydrogen) atoms. The molecule has 0 fully saturated rings. The van der Waals surface area contributed by atoms with Gasteiger partial charge in [-0.3, -0.25) is 9.69 Å². The lowest BCUT2D eigenvalue weighted by Crippen LogP contribution is -2.30. The van der Waals surface area contributed by atoms with E-state index in [0.29, 0.717) is 6.54 Å². The summed E-state index contributed by atoms with van der Waals surface area (Å²) in [5.41, 5.74) is 8.88. The van der Waals surface area contributed by atoms with Gasteiger partial charge in [0.25, 0.3) is 0 Å². The fourth-order valence-electron chi connectivity index (χ4n) is 1.64. The Morgan fingerprint density at radius 3 is 2.60 bits per heavy atom. The van der Waals surface area contributed by atoms with Gasteiger partial charge >= 0.3 is 0 Å². The molecule has 82 valence electrons. The highest BCUT2D eigenvalue weighted by molar-refractivity contribution is 5.75. The smallest absolute Gasteiger partial charge is 0.231 e. The van der Waals surface area contributed by atoms with Gasteiger partial charge in [0.15, 0.2) is 0 Å². The molecule has 2 N–H and O–H groups in total. The lowest BCUT2D eigenvalue weighted by atomic mass is 10.1. The van der Waals surface area contributed by atoms with Gasteiger partial charge < -0.3 is 5.73 Å². The Bertz CT molecular complexity index is 361. The molecule has 1 aromatic carbocycles. The highest BCUT2D eigenvalue weighted by atomic mass is 16.1. The quantitative estimate of drug-likeness (QED) is 0.805. The highest BCUT2D eigenvalue weighted by Gasteiger charge is 2.05. The number of hydrogen-bond donors (Lipinski definition) is 1. The Labute approximate surface area is 90.9 Å². The minimum atomic E-state index is -0.290. The van der Waals surface area contributed by atoms with Crippen molar-refractivity contribution >= 4 is 5.91 Å². The number of benzene rings is 1. The Kier molecular flexibility index (Phi) is 3.86. The van der Waals surface area contributed by atoms with E-state index in [1.54, 1.807) is 0 Å². The number of amides is 1. The number of primary amides is 1. The van der Waals surface area contributed by atoms with Crippen LogP contribution >= 0.6 is 0 Å². The summed E-state index contributed by atoms with van der Waals surface area (Å²) in [7, 11) is 1.89. The van der Waals surface area contributed by atoms with Crippen LogP contribution in [0.5, 0.6) is 0 Å². The minimum absolute atomic E-state index is 0.290. The van der Waals surface area contributed by atoms with E-state index in [0.717, 1.165) is 6.54 Å². The van der Waals surface area contributed by atoms with Crippen molar-refractivity contribution in [3.8, 4) is 0 Å². The van der Waals surface area contributed by atoms with Crippen molar-refractivity contribution in [1.29, 1.82) is 0 Å². The first-order valence-electron chi connectivity index (χ1n) is 5.02. The van der Waals surface area contributed by atoms with Gasteiger partial charge in [0.1, 0.15) is 0 Å². The van der Waals surface area contributed by atoms with E-state index < -0.39 is 0 Å². The number of carbonyl (C=O) groups excluding carboxylic acids is 1. The van der Waals surface area contributed by atoms with Gasteiger partial charge in [0, 0.05) is 6.54 Å². The summed E-state index contributed by atoms with van der Waals surface area (Å²) in [6, 6.07) is 6.33. The molecule has 0 bridgehead atoms. The van der Waals surface area contributed by atoms with Crippen molar-refractivity contribution in [3.05, 3.63) is 34.9 Å². The van der Waals surface area contributed by atoms with Crippen molar-refractivity contribution in [3.63, 3.8) is 0 Å². The molecule has 0 aliphatic carbocycles. The normalized spacial score (nSPS) is 10.7. The largest absolute Gasteiger partial charge is 0.369 e. The van der Waals surface area contributed by atoms with Gasteiger partial charge in [0.05, 0.1) is 6.54 Å².